The maximum absolute atomic E-state index is 12.5. The molecule has 0 aliphatic carbocycles. The summed E-state index contributed by atoms with van der Waals surface area (Å²) in [5.74, 6) is 1.90. The molecule has 0 unspecified atom stereocenters. The minimum atomic E-state index is -0.00162. The lowest BCUT2D eigenvalue weighted by Gasteiger charge is -2.17. The Kier molecular flexibility index (Phi) is 6.12. The summed E-state index contributed by atoms with van der Waals surface area (Å²) in [6.07, 6.45) is 2.95. The van der Waals surface area contributed by atoms with E-state index in [-0.39, 0.29) is 11.3 Å². The van der Waals surface area contributed by atoms with Crippen molar-refractivity contribution in [2.45, 2.75) is 59.9 Å². The van der Waals surface area contributed by atoms with Crippen molar-refractivity contribution in [1.29, 1.82) is 0 Å². The van der Waals surface area contributed by atoms with Crippen LogP contribution in [0, 0.1) is 5.41 Å². The fourth-order valence-corrected chi connectivity index (χ4v) is 3.37. The smallest absolute Gasteiger partial charge is 0.224 e. The molecule has 1 amide bonds. The van der Waals surface area contributed by atoms with E-state index in [9.17, 15) is 4.79 Å². The number of amides is 1. The summed E-state index contributed by atoms with van der Waals surface area (Å²) in [4.78, 5) is 12.5. The van der Waals surface area contributed by atoms with Crippen molar-refractivity contribution in [2.75, 3.05) is 5.32 Å². The number of anilines is 1. The molecule has 0 aliphatic heterocycles. The van der Waals surface area contributed by atoms with E-state index in [1.807, 2.05) is 42.5 Å². The van der Waals surface area contributed by atoms with Crippen molar-refractivity contribution in [2.24, 2.45) is 5.41 Å². The first kappa shape index (κ1) is 20.1. The summed E-state index contributed by atoms with van der Waals surface area (Å²) < 4.78 is 2.15. The molecule has 5 nitrogen and oxygen atoms in total. The maximum atomic E-state index is 12.5. The van der Waals surface area contributed by atoms with E-state index < -0.39 is 0 Å². The molecule has 3 rings (SSSR count). The van der Waals surface area contributed by atoms with E-state index in [1.54, 1.807) is 0 Å². The highest BCUT2D eigenvalue weighted by Gasteiger charge is 2.16. The minimum Gasteiger partial charge on any atom is -0.326 e. The Labute approximate surface area is 167 Å². The second kappa shape index (κ2) is 8.55. The standard InChI is InChI=1S/C23H30N4O/c1-5-27-20(25-26-21(27)15-16-23(2,3)4)13-14-22(28)24-19-12-8-10-17-9-6-7-11-18(17)19/h6-12H,5,13-16H2,1-4H3,(H,24,28). The fourth-order valence-electron chi connectivity index (χ4n) is 3.37. The summed E-state index contributed by atoms with van der Waals surface area (Å²) >= 11 is 0. The van der Waals surface area contributed by atoms with Crippen molar-refractivity contribution in [3.8, 4) is 0 Å². The Hall–Kier alpha value is -2.69. The third-order valence-corrected chi connectivity index (χ3v) is 4.96. The van der Waals surface area contributed by atoms with Gasteiger partial charge < -0.3 is 9.88 Å². The van der Waals surface area contributed by atoms with Crippen molar-refractivity contribution >= 4 is 22.4 Å². The molecule has 28 heavy (non-hydrogen) atoms. The minimum absolute atomic E-state index is 0.00162. The molecule has 1 N–H and O–H groups in total. The van der Waals surface area contributed by atoms with Crippen LogP contribution in [-0.4, -0.2) is 20.7 Å². The third kappa shape index (κ3) is 4.97. The Morgan fingerprint density at radius 3 is 2.39 bits per heavy atom. The van der Waals surface area contributed by atoms with Gasteiger partial charge >= 0.3 is 0 Å². The van der Waals surface area contributed by atoms with Crippen LogP contribution in [0.5, 0.6) is 0 Å². The number of carbonyl (C=O) groups excluding carboxylic acids is 1. The number of aryl methyl sites for hydroxylation is 2. The molecule has 0 aliphatic rings. The van der Waals surface area contributed by atoms with Gasteiger partial charge in [-0.3, -0.25) is 4.79 Å². The van der Waals surface area contributed by atoms with Gasteiger partial charge in [0.15, 0.2) is 0 Å². The van der Waals surface area contributed by atoms with E-state index in [0.717, 1.165) is 47.5 Å². The van der Waals surface area contributed by atoms with Gasteiger partial charge in [-0.05, 0) is 30.2 Å². The summed E-state index contributed by atoms with van der Waals surface area (Å²) in [6, 6.07) is 14.0. The van der Waals surface area contributed by atoms with Crippen molar-refractivity contribution in [3.05, 3.63) is 54.1 Å². The van der Waals surface area contributed by atoms with Gasteiger partial charge in [-0.25, -0.2) is 0 Å². The average Bonchev–Trinajstić information content (AvgIpc) is 3.06. The molecule has 0 atom stereocenters. The van der Waals surface area contributed by atoms with Gasteiger partial charge in [0.1, 0.15) is 11.6 Å². The predicted molar refractivity (Wildman–Crippen MR) is 114 cm³/mol. The number of aromatic nitrogens is 3. The highest BCUT2D eigenvalue weighted by atomic mass is 16.1. The zero-order valence-corrected chi connectivity index (χ0v) is 17.3. The van der Waals surface area contributed by atoms with E-state index in [1.165, 1.54) is 0 Å². The van der Waals surface area contributed by atoms with Gasteiger partial charge in [-0.1, -0.05) is 57.2 Å². The Morgan fingerprint density at radius 1 is 1.00 bits per heavy atom. The Morgan fingerprint density at radius 2 is 1.68 bits per heavy atom. The molecule has 148 valence electrons. The summed E-state index contributed by atoms with van der Waals surface area (Å²) in [7, 11) is 0. The lowest BCUT2D eigenvalue weighted by molar-refractivity contribution is -0.116. The summed E-state index contributed by atoms with van der Waals surface area (Å²) in [5.41, 5.74) is 1.12. The van der Waals surface area contributed by atoms with Crippen LogP contribution in [-0.2, 0) is 24.2 Å². The molecule has 2 aromatic carbocycles. The molecule has 1 heterocycles. The van der Waals surface area contributed by atoms with Gasteiger partial charge in [0, 0.05) is 36.9 Å². The number of carbonyl (C=O) groups is 1. The normalized spacial score (nSPS) is 11.7. The number of fused-ring (bicyclic) bond motifs is 1. The lowest BCUT2D eigenvalue weighted by Crippen LogP contribution is -2.15. The van der Waals surface area contributed by atoms with E-state index in [0.29, 0.717) is 12.8 Å². The molecule has 1 aromatic heterocycles. The number of hydrogen-bond acceptors (Lipinski definition) is 3. The van der Waals surface area contributed by atoms with Crippen LogP contribution in [0.3, 0.4) is 0 Å². The highest BCUT2D eigenvalue weighted by molar-refractivity contribution is 6.02. The quantitative estimate of drug-likeness (QED) is 0.629. The highest BCUT2D eigenvalue weighted by Crippen LogP contribution is 2.23. The molecule has 0 saturated carbocycles. The fraction of sp³-hybridized carbons (Fsp3) is 0.435. The monoisotopic (exact) mass is 378 g/mol. The van der Waals surface area contributed by atoms with E-state index >= 15 is 0 Å². The number of nitrogens with one attached hydrogen (secondary N) is 1. The van der Waals surface area contributed by atoms with Crippen LogP contribution >= 0.6 is 0 Å². The predicted octanol–water partition coefficient (Wildman–Crippen LogP) is 5.00. The molecule has 0 saturated heterocycles. The molecular formula is C23H30N4O. The van der Waals surface area contributed by atoms with Crippen LogP contribution < -0.4 is 5.32 Å². The first-order valence-corrected chi connectivity index (χ1v) is 10.1. The zero-order valence-electron chi connectivity index (χ0n) is 17.3. The molecule has 0 fully saturated rings. The molecule has 5 heteroatoms. The number of hydrogen-bond donors (Lipinski definition) is 1. The van der Waals surface area contributed by atoms with E-state index in [2.05, 4.69) is 47.8 Å². The van der Waals surface area contributed by atoms with Crippen LogP contribution in [0.2, 0.25) is 0 Å². The van der Waals surface area contributed by atoms with Crippen LogP contribution in [0.25, 0.3) is 10.8 Å². The first-order chi connectivity index (χ1) is 13.4. The van der Waals surface area contributed by atoms with Gasteiger partial charge in [-0.2, -0.15) is 0 Å². The third-order valence-electron chi connectivity index (χ3n) is 4.96. The first-order valence-electron chi connectivity index (χ1n) is 10.1. The molecule has 0 bridgehead atoms. The van der Waals surface area contributed by atoms with Crippen molar-refractivity contribution < 1.29 is 4.79 Å². The van der Waals surface area contributed by atoms with Crippen LogP contribution in [0.4, 0.5) is 5.69 Å². The Balaban J connectivity index is 1.64. The van der Waals surface area contributed by atoms with Gasteiger partial charge in [-0.15, -0.1) is 10.2 Å². The second-order valence-electron chi connectivity index (χ2n) is 8.41. The van der Waals surface area contributed by atoms with Gasteiger partial charge in [0.2, 0.25) is 5.91 Å². The topological polar surface area (TPSA) is 59.8 Å². The molecule has 0 radical (unpaired) electrons. The Bertz CT molecular complexity index is 947. The summed E-state index contributed by atoms with van der Waals surface area (Å²) in [5, 5.41) is 13.9. The van der Waals surface area contributed by atoms with Crippen molar-refractivity contribution in [1.82, 2.24) is 14.8 Å². The lowest BCUT2D eigenvalue weighted by atomic mass is 9.90. The van der Waals surface area contributed by atoms with Crippen LogP contribution in [0.1, 0.15) is 52.2 Å². The second-order valence-corrected chi connectivity index (χ2v) is 8.41. The largest absolute Gasteiger partial charge is 0.326 e. The average molecular weight is 379 g/mol. The summed E-state index contributed by atoms with van der Waals surface area (Å²) in [6.45, 7) is 9.63. The number of nitrogens with zero attached hydrogens (tertiary/aromatic N) is 3. The number of rotatable bonds is 7. The zero-order chi connectivity index (χ0) is 20.1. The maximum Gasteiger partial charge on any atom is 0.224 e. The SMILES string of the molecule is CCn1c(CCC(=O)Nc2cccc3ccccc23)nnc1CCC(C)(C)C. The van der Waals surface area contributed by atoms with Gasteiger partial charge in [0.25, 0.3) is 0 Å². The van der Waals surface area contributed by atoms with E-state index in [4.69, 9.17) is 0 Å². The van der Waals surface area contributed by atoms with Gasteiger partial charge in [0.05, 0.1) is 0 Å². The van der Waals surface area contributed by atoms with Crippen LogP contribution in [0.15, 0.2) is 42.5 Å². The molecule has 0 spiro atoms. The molecule has 3 aromatic rings. The number of benzene rings is 2. The molecular weight excluding hydrogens is 348 g/mol. The van der Waals surface area contributed by atoms with Crippen molar-refractivity contribution in [3.63, 3.8) is 0 Å².